The number of aromatic hydroxyl groups is 1. The third kappa shape index (κ3) is 5.72. The summed E-state index contributed by atoms with van der Waals surface area (Å²) < 4.78 is 16.1. The van der Waals surface area contributed by atoms with Crippen LogP contribution in [0, 0.1) is 0 Å². The van der Waals surface area contributed by atoms with Crippen molar-refractivity contribution in [3.05, 3.63) is 66.0 Å². The Morgan fingerprint density at radius 3 is 2.59 bits per heavy atom. The van der Waals surface area contributed by atoms with Crippen molar-refractivity contribution in [2.75, 3.05) is 7.11 Å². The Balaban J connectivity index is 1.80. The predicted molar refractivity (Wildman–Crippen MR) is 113 cm³/mol. The van der Waals surface area contributed by atoms with Crippen LogP contribution < -0.4 is 9.47 Å². The number of esters is 1. The van der Waals surface area contributed by atoms with Gasteiger partial charge in [-0.15, -0.1) is 0 Å². The van der Waals surface area contributed by atoms with Crippen LogP contribution in [0.4, 0.5) is 0 Å². The second-order valence-electron chi connectivity index (χ2n) is 6.79. The summed E-state index contributed by atoms with van der Waals surface area (Å²) >= 11 is 0. The molecule has 1 heterocycles. The highest BCUT2D eigenvalue weighted by atomic mass is 16.6. The number of phenolic OH excluding ortho intramolecular Hbond substituents is 1. The van der Waals surface area contributed by atoms with E-state index in [1.807, 2.05) is 24.3 Å². The molecule has 166 valence electrons. The van der Waals surface area contributed by atoms with Crippen LogP contribution in [0.25, 0.3) is 11.4 Å². The van der Waals surface area contributed by atoms with Crippen molar-refractivity contribution in [1.82, 2.24) is 9.97 Å². The molecule has 3 rings (SSSR count). The molecular formula is C23H22N2O7. The molecule has 0 radical (unpaired) electrons. The minimum absolute atomic E-state index is 0.0632. The zero-order valence-electron chi connectivity index (χ0n) is 17.5. The number of hydrogen-bond donors (Lipinski definition) is 2. The second-order valence-corrected chi connectivity index (χ2v) is 6.79. The molecule has 0 aliphatic rings. The summed E-state index contributed by atoms with van der Waals surface area (Å²) in [6, 6.07) is 13.4. The average Bonchev–Trinajstić information content (AvgIpc) is 2.78. The number of aliphatic carboxylic acids is 1. The van der Waals surface area contributed by atoms with E-state index in [2.05, 4.69) is 9.97 Å². The molecule has 9 heteroatoms. The standard InChI is InChI=1S/C23H22N2O7/c1-14(26)32-21(23(28)29)12-15-11-17(27)7-8-19(15)31-13-16-9-10-24-22(25-16)18-5-3-4-6-20(18)30-2/h3-11,21,27H,12-13H2,1-2H3,(H,28,29). The molecule has 0 aliphatic heterocycles. The predicted octanol–water partition coefficient (Wildman–Crippen LogP) is 3.00. The van der Waals surface area contributed by atoms with E-state index in [4.69, 9.17) is 14.2 Å². The largest absolute Gasteiger partial charge is 0.508 e. The normalized spacial score (nSPS) is 11.4. The average molecular weight is 438 g/mol. The third-order valence-electron chi connectivity index (χ3n) is 4.47. The summed E-state index contributed by atoms with van der Waals surface area (Å²) in [7, 11) is 1.57. The van der Waals surface area contributed by atoms with Gasteiger partial charge >= 0.3 is 11.9 Å². The van der Waals surface area contributed by atoms with Crippen LogP contribution >= 0.6 is 0 Å². The molecule has 2 aromatic carbocycles. The van der Waals surface area contributed by atoms with Crippen LogP contribution in [0.5, 0.6) is 17.2 Å². The molecule has 0 bridgehead atoms. The minimum atomic E-state index is -1.41. The van der Waals surface area contributed by atoms with E-state index in [1.54, 1.807) is 19.4 Å². The van der Waals surface area contributed by atoms with Crippen molar-refractivity contribution in [3.8, 4) is 28.6 Å². The molecule has 0 saturated carbocycles. The zero-order chi connectivity index (χ0) is 23.1. The number of carbonyl (C=O) groups excluding carboxylic acids is 1. The van der Waals surface area contributed by atoms with Crippen molar-refractivity contribution in [3.63, 3.8) is 0 Å². The highest BCUT2D eigenvalue weighted by Crippen LogP contribution is 2.28. The van der Waals surface area contributed by atoms with E-state index in [9.17, 15) is 19.8 Å². The van der Waals surface area contributed by atoms with Gasteiger partial charge in [0.15, 0.2) is 5.82 Å². The summed E-state index contributed by atoms with van der Waals surface area (Å²) in [6.07, 6.45) is 0.0224. The number of phenols is 1. The lowest BCUT2D eigenvalue weighted by molar-refractivity contribution is -0.162. The van der Waals surface area contributed by atoms with Crippen LogP contribution in [-0.2, 0) is 27.4 Å². The Bertz CT molecular complexity index is 1120. The number of carboxylic acids is 1. The van der Waals surface area contributed by atoms with Gasteiger partial charge in [-0.05, 0) is 36.4 Å². The van der Waals surface area contributed by atoms with E-state index in [0.717, 1.165) is 12.5 Å². The van der Waals surface area contributed by atoms with E-state index >= 15 is 0 Å². The first-order valence-electron chi connectivity index (χ1n) is 9.67. The van der Waals surface area contributed by atoms with Gasteiger partial charge in [-0.3, -0.25) is 4.79 Å². The molecule has 0 spiro atoms. The molecule has 0 amide bonds. The monoisotopic (exact) mass is 438 g/mol. The van der Waals surface area contributed by atoms with E-state index in [-0.39, 0.29) is 18.8 Å². The first-order chi connectivity index (χ1) is 15.4. The van der Waals surface area contributed by atoms with E-state index < -0.39 is 18.0 Å². The number of aromatic nitrogens is 2. The van der Waals surface area contributed by atoms with Gasteiger partial charge < -0.3 is 24.4 Å². The lowest BCUT2D eigenvalue weighted by Gasteiger charge is -2.16. The summed E-state index contributed by atoms with van der Waals surface area (Å²) in [4.78, 5) is 31.5. The maximum absolute atomic E-state index is 11.4. The summed E-state index contributed by atoms with van der Waals surface area (Å²) in [5.74, 6) is -0.651. The van der Waals surface area contributed by atoms with E-state index in [0.29, 0.717) is 28.6 Å². The number of carbonyl (C=O) groups is 2. The fourth-order valence-electron chi connectivity index (χ4n) is 3.03. The van der Waals surface area contributed by atoms with Crippen LogP contribution in [0.1, 0.15) is 18.2 Å². The lowest BCUT2D eigenvalue weighted by atomic mass is 10.1. The van der Waals surface area contributed by atoms with Crippen molar-refractivity contribution in [2.24, 2.45) is 0 Å². The van der Waals surface area contributed by atoms with Gasteiger partial charge in [-0.25, -0.2) is 14.8 Å². The summed E-state index contributed by atoms with van der Waals surface area (Å²) in [6.45, 7) is 1.19. The summed E-state index contributed by atoms with van der Waals surface area (Å²) in [5, 5.41) is 19.2. The fourth-order valence-corrected chi connectivity index (χ4v) is 3.03. The maximum atomic E-state index is 11.4. The van der Waals surface area contributed by atoms with Crippen LogP contribution in [0.2, 0.25) is 0 Å². The third-order valence-corrected chi connectivity index (χ3v) is 4.47. The quantitative estimate of drug-likeness (QED) is 0.485. The molecule has 3 aromatic rings. The highest BCUT2D eigenvalue weighted by Gasteiger charge is 2.23. The fraction of sp³-hybridized carbons (Fsp3) is 0.217. The van der Waals surface area contributed by atoms with Crippen molar-refractivity contribution in [2.45, 2.75) is 26.1 Å². The number of methoxy groups -OCH3 is 1. The van der Waals surface area contributed by atoms with Crippen molar-refractivity contribution >= 4 is 11.9 Å². The molecule has 0 saturated heterocycles. The lowest BCUT2D eigenvalue weighted by Crippen LogP contribution is -2.28. The van der Waals surface area contributed by atoms with Gasteiger partial charge in [0.25, 0.3) is 0 Å². The summed E-state index contributed by atoms with van der Waals surface area (Å²) in [5.41, 5.74) is 1.68. The number of hydrogen-bond acceptors (Lipinski definition) is 8. The molecule has 2 N–H and O–H groups in total. The molecule has 1 aromatic heterocycles. The Morgan fingerprint density at radius 2 is 1.88 bits per heavy atom. The number of para-hydroxylation sites is 1. The number of benzene rings is 2. The molecule has 32 heavy (non-hydrogen) atoms. The number of ether oxygens (including phenoxy) is 3. The Labute approximate surface area is 184 Å². The first-order valence-corrected chi connectivity index (χ1v) is 9.67. The number of rotatable bonds is 9. The molecule has 1 atom stereocenters. The maximum Gasteiger partial charge on any atom is 0.345 e. The minimum Gasteiger partial charge on any atom is -0.508 e. The molecule has 1 unspecified atom stereocenters. The Hall–Kier alpha value is -4.14. The van der Waals surface area contributed by atoms with Gasteiger partial charge in [-0.2, -0.15) is 0 Å². The molecule has 9 nitrogen and oxygen atoms in total. The van der Waals surface area contributed by atoms with Gasteiger partial charge in [-0.1, -0.05) is 12.1 Å². The van der Waals surface area contributed by atoms with Crippen LogP contribution in [-0.4, -0.2) is 45.3 Å². The molecule has 0 fully saturated rings. The van der Waals surface area contributed by atoms with Crippen LogP contribution in [0.15, 0.2) is 54.7 Å². The molecular weight excluding hydrogens is 416 g/mol. The van der Waals surface area contributed by atoms with E-state index in [1.165, 1.54) is 18.2 Å². The first kappa shape index (κ1) is 22.5. The molecule has 0 aliphatic carbocycles. The number of carboxylic acid groups (broad SMARTS) is 1. The van der Waals surface area contributed by atoms with Gasteiger partial charge in [0.2, 0.25) is 6.10 Å². The Morgan fingerprint density at radius 1 is 1.09 bits per heavy atom. The smallest absolute Gasteiger partial charge is 0.345 e. The van der Waals surface area contributed by atoms with Gasteiger partial charge in [0.1, 0.15) is 23.9 Å². The van der Waals surface area contributed by atoms with Crippen LogP contribution in [0.3, 0.4) is 0 Å². The highest BCUT2D eigenvalue weighted by molar-refractivity contribution is 5.77. The van der Waals surface area contributed by atoms with Gasteiger partial charge in [0.05, 0.1) is 18.4 Å². The van der Waals surface area contributed by atoms with Gasteiger partial charge in [0, 0.05) is 25.1 Å². The van der Waals surface area contributed by atoms with Crippen molar-refractivity contribution in [1.29, 1.82) is 0 Å². The topological polar surface area (TPSA) is 128 Å². The second kappa shape index (κ2) is 10.3. The zero-order valence-corrected chi connectivity index (χ0v) is 17.5. The number of nitrogens with zero attached hydrogens (tertiary/aromatic N) is 2. The Kier molecular flexibility index (Phi) is 7.22. The SMILES string of the molecule is COc1ccccc1-c1nccc(COc2ccc(O)cc2CC(OC(C)=O)C(=O)O)n1. The van der Waals surface area contributed by atoms with Crippen molar-refractivity contribution < 1.29 is 34.0 Å².